The minimum atomic E-state index is -1.59. The van der Waals surface area contributed by atoms with Gasteiger partial charge in [-0.3, -0.25) is 9.59 Å². The van der Waals surface area contributed by atoms with Crippen LogP contribution >= 0.6 is 0 Å². The van der Waals surface area contributed by atoms with E-state index in [9.17, 15) is 14.7 Å². The van der Waals surface area contributed by atoms with E-state index < -0.39 is 11.1 Å². The minimum absolute atomic E-state index is 0.129. The van der Waals surface area contributed by atoms with Gasteiger partial charge in [0.15, 0.2) is 5.72 Å². The number of carbonyl (C=O) groups is 2. The number of carbonyl (C=O) groups excluding carboxylic acids is 2. The number of nitrogens with two attached hydrogens (primary N) is 1. The number of rotatable bonds is 5. The number of benzene rings is 1. The van der Waals surface area contributed by atoms with E-state index in [2.05, 4.69) is 6.58 Å². The summed E-state index contributed by atoms with van der Waals surface area (Å²) in [6.07, 6.45) is 4.91. The number of esters is 1. The lowest BCUT2D eigenvalue weighted by Gasteiger charge is -2.53. The number of anilines is 1. The second-order valence-electron chi connectivity index (χ2n) is 6.85. The van der Waals surface area contributed by atoms with Gasteiger partial charge in [-0.1, -0.05) is 24.3 Å². The predicted octanol–water partition coefficient (Wildman–Crippen LogP) is 2.10. The van der Waals surface area contributed by atoms with Gasteiger partial charge < -0.3 is 20.5 Å². The zero-order valence-corrected chi connectivity index (χ0v) is 14.9. The summed E-state index contributed by atoms with van der Waals surface area (Å²) in [4.78, 5) is 25.8. The highest BCUT2D eigenvalue weighted by Gasteiger charge is 2.60. The third-order valence-electron chi connectivity index (χ3n) is 5.64. The molecule has 0 bridgehead atoms. The third-order valence-corrected chi connectivity index (χ3v) is 5.64. The van der Waals surface area contributed by atoms with Gasteiger partial charge in [0.25, 0.3) is 0 Å². The molecule has 2 heterocycles. The van der Waals surface area contributed by atoms with Crippen LogP contribution in [0.2, 0.25) is 0 Å². The number of amides is 1. The third kappa shape index (κ3) is 2.52. The van der Waals surface area contributed by atoms with Gasteiger partial charge in [-0.25, -0.2) is 0 Å². The number of hydrogen-bond donors (Lipinski definition) is 2. The Morgan fingerprint density at radius 3 is 2.85 bits per heavy atom. The molecule has 2 aliphatic rings. The summed E-state index contributed by atoms with van der Waals surface area (Å²) >= 11 is 0. The Kier molecular flexibility index (Phi) is 4.63. The largest absolute Gasteiger partial charge is 0.469 e. The molecule has 6 heteroatoms. The topological polar surface area (TPSA) is 92.9 Å². The number of ether oxygens (including phenoxy) is 1. The Balaban J connectivity index is 2.11. The summed E-state index contributed by atoms with van der Waals surface area (Å²) in [5.41, 5.74) is 5.24. The maximum atomic E-state index is 12.6. The van der Waals surface area contributed by atoms with E-state index >= 15 is 0 Å². The number of fused-ring (bicyclic) bond motifs is 1. The average molecular weight is 356 g/mol. The van der Waals surface area contributed by atoms with Gasteiger partial charge in [-0.05, 0) is 25.3 Å². The lowest BCUT2D eigenvalue weighted by Crippen LogP contribution is -2.62. The van der Waals surface area contributed by atoms with Crippen molar-refractivity contribution in [2.45, 2.75) is 31.4 Å². The molecule has 1 saturated heterocycles. The first-order valence-corrected chi connectivity index (χ1v) is 8.71. The molecule has 2 atom stereocenters. The fraction of sp³-hybridized carbons (Fsp3) is 0.400. The highest BCUT2D eigenvalue weighted by atomic mass is 16.5. The van der Waals surface area contributed by atoms with Crippen LogP contribution in [0.5, 0.6) is 0 Å². The summed E-state index contributed by atoms with van der Waals surface area (Å²) < 4.78 is 4.76. The molecule has 3 N–H and O–H groups in total. The lowest BCUT2D eigenvalue weighted by atomic mass is 9.64. The Hall–Kier alpha value is -2.60. The van der Waals surface area contributed by atoms with E-state index in [0.717, 1.165) is 0 Å². The number of methoxy groups -OCH3 is 1. The van der Waals surface area contributed by atoms with E-state index in [1.165, 1.54) is 18.1 Å². The fourth-order valence-corrected chi connectivity index (χ4v) is 4.22. The molecule has 1 aromatic rings. The Morgan fingerprint density at radius 2 is 2.19 bits per heavy atom. The predicted molar refractivity (Wildman–Crippen MR) is 98.6 cm³/mol. The van der Waals surface area contributed by atoms with Crippen molar-refractivity contribution in [1.82, 2.24) is 4.90 Å². The summed E-state index contributed by atoms with van der Waals surface area (Å²) in [6.45, 7) is 4.37. The van der Waals surface area contributed by atoms with Crippen molar-refractivity contribution in [3.05, 3.63) is 48.6 Å². The standard InChI is InChI=1S/C20H24N2O4/c1-3-19(11-9-18(24)26-2)10-6-12-22-17(23)13-15(20(19,22)25)14-7-4-5-8-16(14)21/h3-5,7-8,13,25H,1,6,9-12,21H2,2H3. The molecule has 138 valence electrons. The molecule has 0 aliphatic carbocycles. The average Bonchev–Trinajstić information content (AvgIpc) is 2.91. The highest BCUT2D eigenvalue weighted by Crippen LogP contribution is 2.56. The van der Waals surface area contributed by atoms with E-state index in [1.807, 2.05) is 6.07 Å². The van der Waals surface area contributed by atoms with Crippen LogP contribution in [0.3, 0.4) is 0 Å². The van der Waals surface area contributed by atoms with Crippen molar-refractivity contribution < 1.29 is 19.4 Å². The molecule has 0 spiro atoms. The Morgan fingerprint density at radius 1 is 1.46 bits per heavy atom. The second kappa shape index (κ2) is 6.61. The summed E-state index contributed by atoms with van der Waals surface area (Å²) in [5.74, 6) is -0.615. The molecule has 6 nitrogen and oxygen atoms in total. The van der Waals surface area contributed by atoms with Crippen molar-refractivity contribution in [3.63, 3.8) is 0 Å². The second-order valence-corrected chi connectivity index (χ2v) is 6.85. The number of nitrogens with zero attached hydrogens (tertiary/aromatic N) is 1. The molecule has 0 radical (unpaired) electrons. The van der Waals surface area contributed by atoms with Crippen LogP contribution in [-0.2, 0) is 14.3 Å². The first-order valence-electron chi connectivity index (χ1n) is 8.71. The molecular weight excluding hydrogens is 332 g/mol. The lowest BCUT2D eigenvalue weighted by molar-refractivity contribution is -0.171. The molecule has 2 aliphatic heterocycles. The van der Waals surface area contributed by atoms with E-state index in [-0.39, 0.29) is 18.3 Å². The van der Waals surface area contributed by atoms with E-state index in [0.29, 0.717) is 42.6 Å². The van der Waals surface area contributed by atoms with Crippen molar-refractivity contribution in [2.24, 2.45) is 5.41 Å². The van der Waals surface area contributed by atoms with Crippen molar-refractivity contribution in [2.75, 3.05) is 19.4 Å². The van der Waals surface area contributed by atoms with Crippen LogP contribution < -0.4 is 5.73 Å². The summed E-state index contributed by atoms with van der Waals surface area (Å²) in [7, 11) is 1.33. The van der Waals surface area contributed by atoms with Crippen LogP contribution in [0.15, 0.2) is 43.0 Å². The number of hydrogen-bond acceptors (Lipinski definition) is 5. The van der Waals surface area contributed by atoms with E-state index in [4.69, 9.17) is 10.5 Å². The molecular formula is C20H24N2O4. The number of piperidine rings is 1. The molecule has 0 aromatic heterocycles. The smallest absolute Gasteiger partial charge is 0.305 e. The maximum absolute atomic E-state index is 12.6. The fourth-order valence-electron chi connectivity index (χ4n) is 4.22. The van der Waals surface area contributed by atoms with Gasteiger partial charge in [0.2, 0.25) is 5.91 Å². The van der Waals surface area contributed by atoms with Gasteiger partial charge in [-0.15, -0.1) is 6.58 Å². The van der Waals surface area contributed by atoms with Gasteiger partial charge in [0.05, 0.1) is 7.11 Å². The Bertz CT molecular complexity index is 788. The zero-order valence-electron chi connectivity index (χ0n) is 14.9. The van der Waals surface area contributed by atoms with Crippen molar-refractivity contribution in [1.29, 1.82) is 0 Å². The first-order chi connectivity index (χ1) is 12.4. The molecule has 1 aromatic carbocycles. The van der Waals surface area contributed by atoms with Crippen molar-refractivity contribution >= 4 is 23.1 Å². The quantitative estimate of drug-likeness (QED) is 0.479. The highest BCUT2D eigenvalue weighted by molar-refractivity contribution is 6.05. The van der Waals surface area contributed by atoms with Crippen molar-refractivity contribution in [3.8, 4) is 0 Å². The maximum Gasteiger partial charge on any atom is 0.305 e. The van der Waals surface area contributed by atoms with Gasteiger partial charge in [-0.2, -0.15) is 0 Å². The SMILES string of the molecule is C=CC1(CCC(=O)OC)CCCN2C(=O)C=C(c3ccccc3N)C21O. The minimum Gasteiger partial charge on any atom is -0.469 e. The molecule has 3 rings (SSSR count). The van der Waals surface area contributed by atoms with Crippen LogP contribution in [0, 0.1) is 5.41 Å². The zero-order chi connectivity index (χ0) is 18.9. The summed E-state index contributed by atoms with van der Waals surface area (Å²) in [6, 6.07) is 7.14. The molecule has 2 unspecified atom stereocenters. The van der Waals surface area contributed by atoms with Crippen LogP contribution in [0.25, 0.3) is 5.57 Å². The van der Waals surface area contributed by atoms with Gasteiger partial charge in [0, 0.05) is 41.3 Å². The Labute approximate surface area is 152 Å². The normalized spacial score (nSPS) is 27.7. The van der Waals surface area contributed by atoms with Gasteiger partial charge >= 0.3 is 5.97 Å². The van der Waals surface area contributed by atoms with Crippen LogP contribution in [-0.4, -0.2) is 41.3 Å². The van der Waals surface area contributed by atoms with E-state index in [1.54, 1.807) is 24.3 Å². The molecule has 1 amide bonds. The number of aliphatic hydroxyl groups is 1. The monoisotopic (exact) mass is 356 g/mol. The van der Waals surface area contributed by atoms with Gasteiger partial charge in [0.1, 0.15) is 0 Å². The molecule has 0 saturated carbocycles. The first kappa shape index (κ1) is 18.2. The van der Waals surface area contributed by atoms with Crippen LogP contribution in [0.1, 0.15) is 31.2 Å². The number of para-hydroxylation sites is 1. The molecule has 1 fully saturated rings. The number of nitrogen functional groups attached to an aromatic ring is 1. The summed E-state index contributed by atoms with van der Waals surface area (Å²) in [5, 5.41) is 11.9. The molecule has 26 heavy (non-hydrogen) atoms. The van der Waals surface area contributed by atoms with Crippen LogP contribution in [0.4, 0.5) is 5.69 Å².